The number of aliphatic carboxylic acids is 1. The van der Waals surface area contributed by atoms with E-state index in [-0.39, 0.29) is 34.9 Å². The number of carboxylic acid groups (broad SMARTS) is 1. The van der Waals surface area contributed by atoms with Crippen molar-refractivity contribution >= 4 is 21.7 Å². The Morgan fingerprint density at radius 3 is 2.65 bits per heavy atom. The molecule has 142 valence electrons. The van der Waals surface area contributed by atoms with E-state index in [9.17, 15) is 23.1 Å². The maximum Gasteiger partial charge on any atom is 0.326 e. The molecule has 1 N–H and O–H groups in total. The van der Waals surface area contributed by atoms with E-state index < -0.39 is 21.8 Å². The summed E-state index contributed by atoms with van der Waals surface area (Å²) in [7, 11) is -3.34. The van der Waals surface area contributed by atoms with Crippen LogP contribution in [0.15, 0.2) is 29.2 Å². The van der Waals surface area contributed by atoms with Crippen molar-refractivity contribution in [1.82, 2.24) is 4.90 Å². The van der Waals surface area contributed by atoms with Gasteiger partial charge >= 0.3 is 5.97 Å². The van der Waals surface area contributed by atoms with Crippen LogP contribution in [0.2, 0.25) is 0 Å². The molecule has 1 aromatic rings. The number of rotatable bonds is 5. The van der Waals surface area contributed by atoms with Crippen molar-refractivity contribution in [3.8, 4) is 0 Å². The first-order chi connectivity index (χ1) is 12.3. The molecule has 3 atom stereocenters. The van der Waals surface area contributed by atoms with Crippen LogP contribution in [0.3, 0.4) is 0 Å². The van der Waals surface area contributed by atoms with Crippen LogP contribution in [-0.2, 0) is 25.8 Å². The first kappa shape index (κ1) is 18.9. The zero-order valence-electron chi connectivity index (χ0n) is 14.9. The molecule has 26 heavy (non-hydrogen) atoms. The summed E-state index contributed by atoms with van der Waals surface area (Å²) < 4.78 is 24.1. The molecule has 3 rings (SSSR count). The fourth-order valence-electron chi connectivity index (χ4n) is 4.32. The summed E-state index contributed by atoms with van der Waals surface area (Å²) in [6, 6.07) is 5.64. The number of carbonyl (C=O) groups excluding carboxylic acids is 1. The summed E-state index contributed by atoms with van der Waals surface area (Å²) >= 11 is 0. The highest BCUT2D eigenvalue weighted by Gasteiger charge is 2.47. The van der Waals surface area contributed by atoms with Crippen LogP contribution in [0.5, 0.6) is 0 Å². The first-order valence-electron chi connectivity index (χ1n) is 9.19. The van der Waals surface area contributed by atoms with Crippen molar-refractivity contribution in [3.63, 3.8) is 0 Å². The van der Waals surface area contributed by atoms with E-state index in [0.29, 0.717) is 12.0 Å². The molecule has 1 amide bonds. The van der Waals surface area contributed by atoms with Gasteiger partial charge in [0.25, 0.3) is 0 Å². The second kappa shape index (κ2) is 7.39. The monoisotopic (exact) mass is 379 g/mol. The molecule has 2 fully saturated rings. The molecule has 1 saturated heterocycles. The molecule has 3 unspecified atom stereocenters. The number of benzene rings is 1. The van der Waals surface area contributed by atoms with E-state index in [2.05, 4.69) is 0 Å². The molecule has 0 radical (unpaired) electrons. The maximum absolute atomic E-state index is 12.9. The Kier molecular flexibility index (Phi) is 5.37. The highest BCUT2D eigenvalue weighted by Crippen LogP contribution is 2.40. The third-order valence-electron chi connectivity index (χ3n) is 5.65. The Hall–Kier alpha value is -1.89. The van der Waals surface area contributed by atoms with Crippen LogP contribution in [-0.4, -0.2) is 48.1 Å². The number of hydrogen-bond acceptors (Lipinski definition) is 4. The van der Waals surface area contributed by atoms with Gasteiger partial charge < -0.3 is 10.0 Å². The maximum atomic E-state index is 12.9. The topological polar surface area (TPSA) is 91.8 Å². The van der Waals surface area contributed by atoms with E-state index >= 15 is 0 Å². The molecule has 1 aromatic carbocycles. The number of amides is 1. The minimum absolute atomic E-state index is 0.0000860. The fraction of sp³-hybridized carbons (Fsp3) is 0.579. The number of likely N-dealkylation sites (tertiary alicyclic amines) is 1. The quantitative estimate of drug-likeness (QED) is 0.847. The lowest BCUT2D eigenvalue weighted by Gasteiger charge is -2.33. The molecule has 1 aliphatic heterocycles. The van der Waals surface area contributed by atoms with Gasteiger partial charge in [-0.15, -0.1) is 0 Å². The molecule has 2 aliphatic rings. The summed E-state index contributed by atoms with van der Waals surface area (Å²) in [5.74, 6) is -0.907. The highest BCUT2D eigenvalue weighted by molar-refractivity contribution is 7.91. The second-order valence-electron chi connectivity index (χ2n) is 7.23. The van der Waals surface area contributed by atoms with Crippen LogP contribution in [0.4, 0.5) is 0 Å². The molecular formula is C19H25NO5S. The second-order valence-corrected chi connectivity index (χ2v) is 9.51. The van der Waals surface area contributed by atoms with Crippen molar-refractivity contribution < 1.29 is 23.1 Å². The van der Waals surface area contributed by atoms with Crippen molar-refractivity contribution in [3.05, 3.63) is 29.8 Å². The molecule has 0 aromatic heterocycles. The van der Waals surface area contributed by atoms with Gasteiger partial charge in [-0.2, -0.15) is 0 Å². The molecule has 6 nitrogen and oxygen atoms in total. The Bertz CT molecular complexity index is 804. The number of carboxylic acids is 1. The van der Waals surface area contributed by atoms with E-state index in [0.717, 1.165) is 25.7 Å². The van der Waals surface area contributed by atoms with Crippen LogP contribution in [0.25, 0.3) is 0 Å². The van der Waals surface area contributed by atoms with Crippen molar-refractivity contribution in [2.24, 2.45) is 5.92 Å². The predicted molar refractivity (Wildman–Crippen MR) is 96.5 cm³/mol. The predicted octanol–water partition coefficient (Wildman–Crippen LogP) is 2.27. The van der Waals surface area contributed by atoms with E-state index in [1.165, 1.54) is 12.1 Å². The van der Waals surface area contributed by atoms with Crippen LogP contribution < -0.4 is 0 Å². The molecule has 1 saturated carbocycles. The third kappa shape index (κ3) is 3.63. The average molecular weight is 379 g/mol. The molecule has 7 heteroatoms. The summed E-state index contributed by atoms with van der Waals surface area (Å²) in [6.45, 7) is 1.58. The number of fused-ring (bicyclic) bond motifs is 1. The smallest absolute Gasteiger partial charge is 0.326 e. The molecular weight excluding hydrogens is 354 g/mol. The molecule has 1 aliphatic carbocycles. The van der Waals surface area contributed by atoms with Crippen LogP contribution in [0, 0.1) is 5.92 Å². The van der Waals surface area contributed by atoms with Gasteiger partial charge in [-0.3, -0.25) is 4.79 Å². The summed E-state index contributed by atoms with van der Waals surface area (Å²) in [4.78, 5) is 26.4. The van der Waals surface area contributed by atoms with Crippen molar-refractivity contribution in [2.45, 2.75) is 62.4 Å². The molecule has 0 bridgehead atoms. The first-order valence-corrected chi connectivity index (χ1v) is 10.8. The van der Waals surface area contributed by atoms with Gasteiger partial charge in [0.2, 0.25) is 5.91 Å². The number of hydrogen-bond donors (Lipinski definition) is 1. The van der Waals surface area contributed by atoms with Crippen molar-refractivity contribution in [1.29, 1.82) is 0 Å². The van der Waals surface area contributed by atoms with Gasteiger partial charge in [0.1, 0.15) is 6.04 Å². The Labute approximate surface area is 154 Å². The summed E-state index contributed by atoms with van der Waals surface area (Å²) in [5.41, 5.74) is 0.605. The van der Waals surface area contributed by atoms with Crippen molar-refractivity contribution in [2.75, 3.05) is 5.75 Å². The van der Waals surface area contributed by atoms with Gasteiger partial charge in [-0.1, -0.05) is 31.9 Å². The summed E-state index contributed by atoms with van der Waals surface area (Å²) in [5, 5.41) is 9.56. The van der Waals surface area contributed by atoms with Crippen LogP contribution in [0.1, 0.15) is 44.6 Å². The van der Waals surface area contributed by atoms with Gasteiger partial charge in [0.05, 0.1) is 17.1 Å². The number of carbonyl (C=O) groups is 2. The van der Waals surface area contributed by atoms with E-state index in [4.69, 9.17) is 0 Å². The zero-order chi connectivity index (χ0) is 18.9. The lowest BCUT2D eigenvalue weighted by atomic mass is 9.84. The number of sulfone groups is 1. The fourth-order valence-corrected chi connectivity index (χ4v) is 5.27. The molecule has 0 spiro atoms. The van der Waals surface area contributed by atoms with Gasteiger partial charge in [-0.05, 0) is 42.9 Å². The Morgan fingerprint density at radius 2 is 1.96 bits per heavy atom. The minimum Gasteiger partial charge on any atom is -0.480 e. The highest BCUT2D eigenvalue weighted by atomic mass is 32.2. The average Bonchev–Trinajstić information content (AvgIpc) is 3.02. The standard InChI is InChI=1S/C19H25NO5S/c1-2-26(24,25)15-8-5-6-13(10-15)11-18(21)20-16-9-4-3-7-14(16)12-17(20)19(22)23/h5-6,8,10,14,16-17H,2-4,7,9,11-12H2,1H3,(H,22,23). The normalized spacial score (nSPS) is 25.7. The van der Waals surface area contributed by atoms with Crippen LogP contribution >= 0.6 is 0 Å². The number of nitrogens with zero attached hydrogens (tertiary/aromatic N) is 1. The minimum atomic E-state index is -3.34. The lowest BCUT2D eigenvalue weighted by molar-refractivity contribution is -0.149. The van der Waals surface area contributed by atoms with E-state index in [1.807, 2.05) is 0 Å². The third-order valence-corrected chi connectivity index (χ3v) is 7.39. The largest absolute Gasteiger partial charge is 0.480 e. The van der Waals surface area contributed by atoms with Gasteiger partial charge in [0.15, 0.2) is 9.84 Å². The Morgan fingerprint density at radius 1 is 1.23 bits per heavy atom. The zero-order valence-corrected chi connectivity index (χ0v) is 15.7. The van der Waals surface area contributed by atoms with Gasteiger partial charge in [-0.25, -0.2) is 13.2 Å². The van der Waals surface area contributed by atoms with Gasteiger partial charge in [0, 0.05) is 6.04 Å². The molecule has 1 heterocycles. The SMILES string of the molecule is CCS(=O)(=O)c1cccc(CC(=O)N2C(C(=O)O)CC3CCCCC32)c1. The Balaban J connectivity index is 1.82. The lowest BCUT2D eigenvalue weighted by Crippen LogP contribution is -2.46. The van der Waals surface area contributed by atoms with E-state index in [1.54, 1.807) is 24.0 Å². The summed E-state index contributed by atoms with van der Waals surface area (Å²) in [6.07, 6.45) is 4.48.